The van der Waals surface area contributed by atoms with Crippen LogP contribution in [0.15, 0.2) is 48.5 Å². The molecule has 26 heavy (non-hydrogen) atoms. The van der Waals surface area contributed by atoms with Crippen molar-refractivity contribution in [1.82, 2.24) is 5.32 Å². The predicted molar refractivity (Wildman–Crippen MR) is 98.7 cm³/mol. The molecule has 1 atom stereocenters. The van der Waals surface area contributed by atoms with E-state index >= 15 is 0 Å². The number of amides is 2. The van der Waals surface area contributed by atoms with Crippen LogP contribution in [0, 0.1) is 0 Å². The lowest BCUT2D eigenvalue weighted by molar-refractivity contribution is 0.0857. The minimum Gasteiger partial charge on any atom is -0.497 e. The summed E-state index contributed by atoms with van der Waals surface area (Å²) in [6, 6.07) is 13.7. The number of rotatable bonds is 6. The van der Waals surface area contributed by atoms with Crippen LogP contribution in [0.5, 0.6) is 5.75 Å². The van der Waals surface area contributed by atoms with Crippen molar-refractivity contribution in [3.8, 4) is 5.75 Å². The number of anilines is 1. The Morgan fingerprint density at radius 3 is 2.62 bits per heavy atom. The molecule has 2 aromatic carbocycles. The SMILES string of the molecule is COc1cccc(C(=O)Nc2ccc(C(=O)NC[C@H]3CCCO3)cc2)c1. The summed E-state index contributed by atoms with van der Waals surface area (Å²) in [5.74, 6) is 0.238. The van der Waals surface area contributed by atoms with Crippen molar-refractivity contribution in [2.75, 3.05) is 25.6 Å². The van der Waals surface area contributed by atoms with Crippen LogP contribution in [0.4, 0.5) is 5.69 Å². The standard InChI is InChI=1S/C20H22N2O4/c1-25-17-5-2-4-15(12-17)20(24)22-16-9-7-14(8-10-16)19(23)21-13-18-6-3-11-26-18/h2,4-5,7-10,12,18H,3,6,11,13H2,1H3,(H,21,23)(H,22,24)/t18-/m1/s1. The Morgan fingerprint density at radius 1 is 1.12 bits per heavy atom. The molecule has 0 bridgehead atoms. The molecule has 2 N–H and O–H groups in total. The van der Waals surface area contributed by atoms with Gasteiger partial charge in [-0.15, -0.1) is 0 Å². The van der Waals surface area contributed by atoms with Crippen molar-refractivity contribution in [1.29, 1.82) is 0 Å². The summed E-state index contributed by atoms with van der Waals surface area (Å²) >= 11 is 0. The highest BCUT2D eigenvalue weighted by Gasteiger charge is 2.16. The molecule has 0 radical (unpaired) electrons. The molecule has 0 saturated carbocycles. The van der Waals surface area contributed by atoms with Gasteiger partial charge in [0.25, 0.3) is 11.8 Å². The van der Waals surface area contributed by atoms with Crippen LogP contribution < -0.4 is 15.4 Å². The molecule has 1 fully saturated rings. The van der Waals surface area contributed by atoms with E-state index in [1.807, 2.05) is 0 Å². The first-order valence-corrected chi connectivity index (χ1v) is 8.61. The van der Waals surface area contributed by atoms with Crippen LogP contribution in [-0.4, -0.2) is 38.2 Å². The van der Waals surface area contributed by atoms with Gasteiger partial charge in [0, 0.05) is 30.0 Å². The Morgan fingerprint density at radius 2 is 1.92 bits per heavy atom. The van der Waals surface area contributed by atoms with E-state index in [1.54, 1.807) is 55.6 Å². The van der Waals surface area contributed by atoms with E-state index in [1.165, 1.54) is 0 Å². The van der Waals surface area contributed by atoms with Crippen LogP contribution in [-0.2, 0) is 4.74 Å². The van der Waals surface area contributed by atoms with Gasteiger partial charge in [0.1, 0.15) is 5.75 Å². The van der Waals surface area contributed by atoms with Crippen molar-refractivity contribution < 1.29 is 19.1 Å². The van der Waals surface area contributed by atoms with Crippen LogP contribution in [0.1, 0.15) is 33.6 Å². The second-order valence-electron chi connectivity index (χ2n) is 6.11. The molecule has 0 aliphatic carbocycles. The quantitative estimate of drug-likeness (QED) is 0.836. The van der Waals surface area contributed by atoms with Gasteiger partial charge in [-0.3, -0.25) is 9.59 Å². The lowest BCUT2D eigenvalue weighted by Crippen LogP contribution is -2.31. The summed E-state index contributed by atoms with van der Waals surface area (Å²) in [7, 11) is 1.56. The maximum absolute atomic E-state index is 12.3. The van der Waals surface area contributed by atoms with Crippen LogP contribution >= 0.6 is 0 Å². The third-order valence-electron chi connectivity index (χ3n) is 4.25. The lowest BCUT2D eigenvalue weighted by Gasteiger charge is -2.11. The molecule has 1 heterocycles. The van der Waals surface area contributed by atoms with Gasteiger partial charge in [-0.2, -0.15) is 0 Å². The maximum atomic E-state index is 12.3. The minimum absolute atomic E-state index is 0.111. The average molecular weight is 354 g/mol. The fourth-order valence-corrected chi connectivity index (χ4v) is 2.79. The topological polar surface area (TPSA) is 76.7 Å². The van der Waals surface area contributed by atoms with Gasteiger partial charge >= 0.3 is 0 Å². The summed E-state index contributed by atoms with van der Waals surface area (Å²) in [5, 5.41) is 5.68. The van der Waals surface area contributed by atoms with E-state index in [-0.39, 0.29) is 17.9 Å². The second kappa shape index (κ2) is 8.49. The fraction of sp³-hybridized carbons (Fsp3) is 0.300. The highest BCUT2D eigenvalue weighted by atomic mass is 16.5. The van der Waals surface area contributed by atoms with Crippen molar-refractivity contribution >= 4 is 17.5 Å². The molecule has 6 nitrogen and oxygen atoms in total. The molecule has 1 aliphatic heterocycles. The third kappa shape index (κ3) is 4.61. The summed E-state index contributed by atoms with van der Waals surface area (Å²) in [6.45, 7) is 1.29. The molecule has 136 valence electrons. The van der Waals surface area contributed by atoms with Crippen molar-refractivity contribution in [3.05, 3.63) is 59.7 Å². The first-order chi connectivity index (χ1) is 12.7. The van der Waals surface area contributed by atoms with E-state index in [4.69, 9.17) is 9.47 Å². The smallest absolute Gasteiger partial charge is 0.255 e. The first-order valence-electron chi connectivity index (χ1n) is 8.61. The van der Waals surface area contributed by atoms with E-state index < -0.39 is 0 Å². The van der Waals surface area contributed by atoms with Crippen LogP contribution in [0.2, 0.25) is 0 Å². The van der Waals surface area contributed by atoms with E-state index in [0.717, 1.165) is 19.4 Å². The molecule has 1 saturated heterocycles. The van der Waals surface area contributed by atoms with Gasteiger partial charge in [0.2, 0.25) is 0 Å². The molecular formula is C20H22N2O4. The highest BCUT2D eigenvalue weighted by Crippen LogP contribution is 2.16. The predicted octanol–water partition coefficient (Wildman–Crippen LogP) is 2.86. The summed E-state index contributed by atoms with van der Waals surface area (Å²) in [6.07, 6.45) is 2.14. The summed E-state index contributed by atoms with van der Waals surface area (Å²) in [4.78, 5) is 24.4. The molecular weight excluding hydrogens is 332 g/mol. The normalized spacial score (nSPS) is 16.1. The Hall–Kier alpha value is -2.86. The highest BCUT2D eigenvalue weighted by molar-refractivity contribution is 6.04. The summed E-state index contributed by atoms with van der Waals surface area (Å²) in [5.41, 5.74) is 1.67. The molecule has 0 aromatic heterocycles. The number of hydrogen-bond acceptors (Lipinski definition) is 4. The van der Waals surface area contributed by atoms with Gasteiger partial charge in [-0.05, 0) is 55.3 Å². The second-order valence-corrected chi connectivity index (χ2v) is 6.11. The van der Waals surface area contributed by atoms with Gasteiger partial charge in [-0.1, -0.05) is 6.07 Å². The van der Waals surface area contributed by atoms with E-state index in [2.05, 4.69) is 10.6 Å². The van der Waals surface area contributed by atoms with Crippen molar-refractivity contribution in [2.24, 2.45) is 0 Å². The molecule has 1 aliphatic rings. The maximum Gasteiger partial charge on any atom is 0.255 e. The Labute approximate surface area is 152 Å². The Kier molecular flexibility index (Phi) is 5.86. The molecule has 6 heteroatoms. The number of methoxy groups -OCH3 is 1. The van der Waals surface area contributed by atoms with Crippen LogP contribution in [0.25, 0.3) is 0 Å². The largest absolute Gasteiger partial charge is 0.497 e. The zero-order valence-electron chi connectivity index (χ0n) is 14.7. The monoisotopic (exact) mass is 354 g/mol. The Bertz CT molecular complexity index is 768. The number of benzene rings is 2. The number of hydrogen-bond donors (Lipinski definition) is 2. The molecule has 0 spiro atoms. The molecule has 0 unspecified atom stereocenters. The summed E-state index contributed by atoms with van der Waals surface area (Å²) < 4.78 is 10.6. The van der Waals surface area contributed by atoms with E-state index in [0.29, 0.717) is 29.1 Å². The average Bonchev–Trinajstić information content (AvgIpc) is 3.20. The lowest BCUT2D eigenvalue weighted by atomic mass is 10.1. The van der Waals surface area contributed by atoms with Crippen LogP contribution in [0.3, 0.4) is 0 Å². The molecule has 3 rings (SSSR count). The van der Waals surface area contributed by atoms with Gasteiger partial charge in [0.05, 0.1) is 13.2 Å². The minimum atomic E-state index is -0.237. The van der Waals surface area contributed by atoms with Crippen molar-refractivity contribution in [3.63, 3.8) is 0 Å². The number of carbonyl (C=O) groups is 2. The first kappa shape index (κ1) is 17.9. The zero-order chi connectivity index (χ0) is 18.4. The van der Waals surface area contributed by atoms with Gasteiger partial charge in [-0.25, -0.2) is 0 Å². The zero-order valence-corrected chi connectivity index (χ0v) is 14.7. The third-order valence-corrected chi connectivity index (χ3v) is 4.25. The van der Waals surface area contributed by atoms with Gasteiger partial charge in [0.15, 0.2) is 0 Å². The van der Waals surface area contributed by atoms with E-state index in [9.17, 15) is 9.59 Å². The number of carbonyl (C=O) groups excluding carboxylic acids is 2. The van der Waals surface area contributed by atoms with Gasteiger partial charge < -0.3 is 20.1 Å². The molecule has 2 amide bonds. The molecule has 2 aromatic rings. The fourth-order valence-electron chi connectivity index (χ4n) is 2.79. The Balaban J connectivity index is 1.56. The number of ether oxygens (including phenoxy) is 2. The number of nitrogens with one attached hydrogen (secondary N) is 2. The van der Waals surface area contributed by atoms with Crippen molar-refractivity contribution in [2.45, 2.75) is 18.9 Å².